The molecule has 0 fully saturated rings. The van der Waals surface area contributed by atoms with E-state index in [2.05, 4.69) is 25.7 Å². The van der Waals surface area contributed by atoms with E-state index < -0.39 is 4.92 Å². The molecule has 0 amide bonds. The fraction of sp³-hybridized carbons (Fsp3) is 0. The SMILES string of the molecule is O=[N+]([O-])c1ccccc1C=NNc1nncc(-c2ccccc2)n1. The van der Waals surface area contributed by atoms with Crippen molar-refractivity contribution >= 4 is 17.9 Å². The Kier molecular flexibility index (Phi) is 4.47. The number of para-hydroxylation sites is 1. The van der Waals surface area contributed by atoms with Gasteiger partial charge < -0.3 is 0 Å². The molecule has 24 heavy (non-hydrogen) atoms. The average molecular weight is 320 g/mol. The van der Waals surface area contributed by atoms with Gasteiger partial charge in [0.1, 0.15) is 0 Å². The highest BCUT2D eigenvalue weighted by atomic mass is 16.6. The van der Waals surface area contributed by atoms with E-state index in [9.17, 15) is 10.1 Å². The van der Waals surface area contributed by atoms with Crippen LogP contribution in [0.2, 0.25) is 0 Å². The molecule has 0 radical (unpaired) electrons. The second-order valence-corrected chi connectivity index (χ2v) is 4.72. The van der Waals surface area contributed by atoms with Crippen molar-refractivity contribution in [3.63, 3.8) is 0 Å². The highest BCUT2D eigenvalue weighted by Gasteiger charge is 2.10. The molecule has 0 aliphatic heterocycles. The van der Waals surface area contributed by atoms with E-state index in [0.29, 0.717) is 11.3 Å². The van der Waals surface area contributed by atoms with E-state index >= 15 is 0 Å². The number of rotatable bonds is 5. The molecule has 1 heterocycles. The van der Waals surface area contributed by atoms with E-state index in [1.54, 1.807) is 24.4 Å². The van der Waals surface area contributed by atoms with Gasteiger partial charge in [-0.05, 0) is 6.07 Å². The lowest BCUT2D eigenvalue weighted by Gasteiger charge is -2.02. The predicted molar refractivity (Wildman–Crippen MR) is 89.6 cm³/mol. The van der Waals surface area contributed by atoms with E-state index in [0.717, 1.165) is 5.56 Å². The van der Waals surface area contributed by atoms with Gasteiger partial charge in [0.2, 0.25) is 0 Å². The number of anilines is 1. The van der Waals surface area contributed by atoms with Gasteiger partial charge in [0.05, 0.1) is 28.6 Å². The minimum atomic E-state index is -0.463. The number of aromatic nitrogens is 3. The van der Waals surface area contributed by atoms with Gasteiger partial charge in [-0.25, -0.2) is 10.4 Å². The smallest absolute Gasteiger partial charge is 0.258 e. The zero-order valence-corrected chi connectivity index (χ0v) is 12.4. The van der Waals surface area contributed by atoms with E-state index in [1.165, 1.54) is 12.3 Å². The highest BCUT2D eigenvalue weighted by molar-refractivity contribution is 5.85. The number of hydrogen-bond donors (Lipinski definition) is 1. The first-order chi connectivity index (χ1) is 11.7. The molecule has 0 saturated carbocycles. The lowest BCUT2D eigenvalue weighted by Crippen LogP contribution is -2.00. The van der Waals surface area contributed by atoms with Gasteiger partial charge in [0.25, 0.3) is 11.6 Å². The Morgan fingerprint density at radius 3 is 2.62 bits per heavy atom. The van der Waals surface area contributed by atoms with Crippen LogP contribution in [0.3, 0.4) is 0 Å². The van der Waals surface area contributed by atoms with Crippen LogP contribution in [0.25, 0.3) is 11.3 Å². The molecule has 0 unspecified atom stereocenters. The summed E-state index contributed by atoms with van der Waals surface area (Å²) in [6.07, 6.45) is 2.89. The third kappa shape index (κ3) is 3.55. The Balaban J connectivity index is 1.77. The fourth-order valence-electron chi connectivity index (χ4n) is 2.02. The second kappa shape index (κ2) is 7.05. The van der Waals surface area contributed by atoms with Crippen LogP contribution in [0, 0.1) is 10.1 Å². The van der Waals surface area contributed by atoms with Crippen molar-refractivity contribution in [3.05, 3.63) is 76.5 Å². The molecular formula is C16H12N6O2. The van der Waals surface area contributed by atoms with Crippen molar-refractivity contribution in [2.75, 3.05) is 5.43 Å². The molecule has 2 aromatic carbocycles. The molecule has 8 heteroatoms. The number of nitro benzene ring substituents is 1. The van der Waals surface area contributed by atoms with Crippen molar-refractivity contribution in [2.24, 2.45) is 5.10 Å². The third-order valence-corrected chi connectivity index (χ3v) is 3.13. The highest BCUT2D eigenvalue weighted by Crippen LogP contribution is 2.17. The molecule has 0 aliphatic rings. The molecule has 8 nitrogen and oxygen atoms in total. The van der Waals surface area contributed by atoms with Crippen LogP contribution in [0.15, 0.2) is 65.9 Å². The van der Waals surface area contributed by atoms with Crippen LogP contribution in [0.1, 0.15) is 5.56 Å². The second-order valence-electron chi connectivity index (χ2n) is 4.72. The largest absolute Gasteiger partial charge is 0.278 e. The summed E-state index contributed by atoms with van der Waals surface area (Å²) in [5, 5.41) is 22.6. The zero-order chi connectivity index (χ0) is 16.8. The van der Waals surface area contributed by atoms with Gasteiger partial charge in [0, 0.05) is 11.6 Å². The maximum Gasteiger partial charge on any atom is 0.278 e. The molecule has 0 atom stereocenters. The molecule has 1 N–H and O–H groups in total. The summed E-state index contributed by atoms with van der Waals surface area (Å²) >= 11 is 0. The van der Waals surface area contributed by atoms with Crippen LogP contribution in [0.4, 0.5) is 11.6 Å². The van der Waals surface area contributed by atoms with Crippen LogP contribution >= 0.6 is 0 Å². The first kappa shape index (κ1) is 15.2. The van der Waals surface area contributed by atoms with Gasteiger partial charge in [-0.3, -0.25) is 10.1 Å². The van der Waals surface area contributed by atoms with Crippen LogP contribution in [-0.4, -0.2) is 26.3 Å². The maximum atomic E-state index is 10.9. The van der Waals surface area contributed by atoms with Gasteiger partial charge in [0.15, 0.2) is 0 Å². The summed E-state index contributed by atoms with van der Waals surface area (Å²) in [7, 11) is 0. The number of hydrazone groups is 1. The standard InChI is InChI=1S/C16H12N6O2/c23-22(24)15-9-5-4-8-13(15)10-17-20-16-19-14(11-18-21-16)12-6-2-1-3-7-12/h1-11H,(H,19,20,21). The van der Waals surface area contributed by atoms with Crippen molar-refractivity contribution in [2.45, 2.75) is 0 Å². The van der Waals surface area contributed by atoms with Crippen molar-refractivity contribution in [1.29, 1.82) is 0 Å². The Morgan fingerprint density at radius 1 is 1.08 bits per heavy atom. The van der Waals surface area contributed by atoms with Gasteiger partial charge in [-0.1, -0.05) is 42.5 Å². The molecule has 3 rings (SSSR count). The number of nitrogens with one attached hydrogen (secondary N) is 1. The molecule has 3 aromatic rings. The summed E-state index contributed by atoms with van der Waals surface area (Å²) in [6, 6.07) is 15.8. The van der Waals surface area contributed by atoms with Crippen molar-refractivity contribution in [1.82, 2.24) is 15.2 Å². The Bertz CT molecular complexity index is 883. The van der Waals surface area contributed by atoms with Crippen LogP contribution < -0.4 is 5.43 Å². The van der Waals surface area contributed by atoms with Crippen molar-refractivity contribution < 1.29 is 4.92 Å². The van der Waals surface area contributed by atoms with Crippen LogP contribution in [0.5, 0.6) is 0 Å². The normalized spacial score (nSPS) is 10.7. The summed E-state index contributed by atoms with van der Waals surface area (Å²) in [6.45, 7) is 0. The zero-order valence-electron chi connectivity index (χ0n) is 12.4. The first-order valence-corrected chi connectivity index (χ1v) is 7.01. The van der Waals surface area contributed by atoms with Gasteiger partial charge in [-0.2, -0.15) is 10.2 Å². The van der Waals surface area contributed by atoms with E-state index in [4.69, 9.17) is 0 Å². The maximum absolute atomic E-state index is 10.9. The van der Waals surface area contributed by atoms with E-state index in [1.807, 2.05) is 30.3 Å². The molecule has 0 saturated heterocycles. The number of nitrogens with zero attached hydrogens (tertiary/aromatic N) is 5. The molecule has 0 bridgehead atoms. The first-order valence-electron chi connectivity index (χ1n) is 7.01. The minimum absolute atomic E-state index is 0.0277. The lowest BCUT2D eigenvalue weighted by molar-refractivity contribution is -0.385. The Labute approximate surface area is 137 Å². The number of nitro groups is 1. The van der Waals surface area contributed by atoms with Crippen molar-refractivity contribution in [3.8, 4) is 11.3 Å². The summed E-state index contributed by atoms with van der Waals surface area (Å²) in [4.78, 5) is 14.8. The lowest BCUT2D eigenvalue weighted by atomic mass is 10.2. The quantitative estimate of drug-likeness (QED) is 0.440. The fourth-order valence-corrected chi connectivity index (χ4v) is 2.02. The van der Waals surface area contributed by atoms with E-state index in [-0.39, 0.29) is 11.6 Å². The van der Waals surface area contributed by atoms with Gasteiger partial charge >= 0.3 is 0 Å². The average Bonchev–Trinajstić information content (AvgIpc) is 2.63. The van der Waals surface area contributed by atoms with Crippen LogP contribution in [-0.2, 0) is 0 Å². The summed E-state index contributed by atoms with van der Waals surface area (Å²) < 4.78 is 0. The molecule has 118 valence electrons. The molecule has 0 aliphatic carbocycles. The molecule has 1 aromatic heterocycles. The molecular weight excluding hydrogens is 308 g/mol. The molecule has 0 spiro atoms. The summed E-state index contributed by atoms with van der Waals surface area (Å²) in [5.74, 6) is 0.200. The minimum Gasteiger partial charge on any atom is -0.258 e. The van der Waals surface area contributed by atoms with Gasteiger partial charge in [-0.15, -0.1) is 5.10 Å². The monoisotopic (exact) mass is 320 g/mol. The summed E-state index contributed by atoms with van der Waals surface area (Å²) in [5.41, 5.74) is 4.53. The Hall–Kier alpha value is -3.68. The number of benzene rings is 2. The Morgan fingerprint density at radius 2 is 1.83 bits per heavy atom. The predicted octanol–water partition coefficient (Wildman–Crippen LogP) is 2.89. The third-order valence-electron chi connectivity index (χ3n) is 3.13. The number of hydrogen-bond acceptors (Lipinski definition) is 7. The topological polar surface area (TPSA) is 106 Å².